The van der Waals surface area contributed by atoms with E-state index in [1.54, 1.807) is 26.0 Å². The quantitative estimate of drug-likeness (QED) is 0.887. The molecule has 0 aromatic carbocycles. The van der Waals surface area contributed by atoms with E-state index in [2.05, 4.69) is 4.98 Å². The van der Waals surface area contributed by atoms with Crippen LogP contribution in [-0.4, -0.2) is 24.2 Å². The number of alkyl halides is 3. The molecule has 2 N–H and O–H groups in total. The van der Waals surface area contributed by atoms with Crippen molar-refractivity contribution in [3.63, 3.8) is 0 Å². The minimum absolute atomic E-state index is 0.250. The summed E-state index contributed by atoms with van der Waals surface area (Å²) in [6.45, 7) is 2.95. The SMILES string of the molecule is CCN(CC(F)(F)F)c1cc(CN)cc(C)n1. The Balaban J connectivity index is 2.99. The van der Waals surface area contributed by atoms with Gasteiger partial charge in [-0.05, 0) is 31.5 Å². The molecule has 0 aliphatic heterocycles. The molecule has 0 fully saturated rings. The van der Waals surface area contributed by atoms with Crippen LogP contribution in [0.5, 0.6) is 0 Å². The number of pyridine rings is 1. The lowest BCUT2D eigenvalue weighted by Gasteiger charge is -2.24. The maximum absolute atomic E-state index is 12.4. The van der Waals surface area contributed by atoms with Gasteiger partial charge in [-0.2, -0.15) is 13.2 Å². The average molecular weight is 247 g/mol. The van der Waals surface area contributed by atoms with Gasteiger partial charge in [0.2, 0.25) is 0 Å². The molecule has 17 heavy (non-hydrogen) atoms. The van der Waals surface area contributed by atoms with E-state index in [-0.39, 0.29) is 6.54 Å². The monoisotopic (exact) mass is 247 g/mol. The van der Waals surface area contributed by atoms with Crippen LogP contribution in [0.15, 0.2) is 12.1 Å². The molecule has 0 aliphatic carbocycles. The number of anilines is 1. The van der Waals surface area contributed by atoms with Crippen LogP contribution >= 0.6 is 0 Å². The minimum Gasteiger partial charge on any atom is -0.348 e. The Morgan fingerprint density at radius 1 is 1.35 bits per heavy atom. The van der Waals surface area contributed by atoms with Gasteiger partial charge >= 0.3 is 6.18 Å². The molecule has 0 saturated heterocycles. The molecule has 0 unspecified atom stereocenters. The number of halogens is 3. The normalized spacial score (nSPS) is 11.6. The van der Waals surface area contributed by atoms with Crippen molar-refractivity contribution in [2.45, 2.75) is 26.6 Å². The van der Waals surface area contributed by atoms with Crippen molar-refractivity contribution in [2.24, 2.45) is 5.73 Å². The van der Waals surface area contributed by atoms with Crippen molar-refractivity contribution in [1.82, 2.24) is 4.98 Å². The molecule has 1 aromatic rings. The van der Waals surface area contributed by atoms with Gasteiger partial charge in [0.1, 0.15) is 12.4 Å². The van der Waals surface area contributed by atoms with Gasteiger partial charge in [0.05, 0.1) is 0 Å². The summed E-state index contributed by atoms with van der Waals surface area (Å²) < 4.78 is 37.1. The van der Waals surface area contributed by atoms with Crippen LogP contribution in [0.25, 0.3) is 0 Å². The highest BCUT2D eigenvalue weighted by Crippen LogP contribution is 2.21. The zero-order valence-electron chi connectivity index (χ0n) is 9.88. The van der Waals surface area contributed by atoms with Gasteiger partial charge in [0.25, 0.3) is 0 Å². The maximum Gasteiger partial charge on any atom is 0.405 e. The predicted molar refractivity (Wildman–Crippen MR) is 60.8 cm³/mol. The fraction of sp³-hybridized carbons (Fsp3) is 0.545. The third-order valence-electron chi connectivity index (χ3n) is 2.31. The lowest BCUT2D eigenvalue weighted by Crippen LogP contribution is -2.34. The Kier molecular flexibility index (Phi) is 4.34. The van der Waals surface area contributed by atoms with Crippen molar-refractivity contribution in [3.8, 4) is 0 Å². The first-order valence-electron chi connectivity index (χ1n) is 5.35. The fourth-order valence-electron chi connectivity index (χ4n) is 1.57. The second-order valence-electron chi connectivity index (χ2n) is 3.81. The molecule has 0 radical (unpaired) electrons. The molecular formula is C11H16F3N3. The summed E-state index contributed by atoms with van der Waals surface area (Å²) in [4.78, 5) is 5.29. The predicted octanol–water partition coefficient (Wildman–Crippen LogP) is 2.24. The summed E-state index contributed by atoms with van der Waals surface area (Å²) in [7, 11) is 0. The molecule has 3 nitrogen and oxygen atoms in total. The third kappa shape index (κ3) is 4.22. The lowest BCUT2D eigenvalue weighted by molar-refractivity contribution is -0.119. The van der Waals surface area contributed by atoms with Crippen molar-refractivity contribution in [2.75, 3.05) is 18.0 Å². The molecule has 6 heteroatoms. The second kappa shape index (κ2) is 5.35. The van der Waals surface area contributed by atoms with Crippen LogP contribution in [0, 0.1) is 6.92 Å². The van der Waals surface area contributed by atoms with E-state index in [1.165, 1.54) is 4.90 Å². The first kappa shape index (κ1) is 13.8. The van der Waals surface area contributed by atoms with E-state index in [0.29, 0.717) is 18.1 Å². The summed E-state index contributed by atoms with van der Waals surface area (Å²) >= 11 is 0. The van der Waals surface area contributed by atoms with Gasteiger partial charge in [-0.1, -0.05) is 0 Å². The lowest BCUT2D eigenvalue weighted by atomic mass is 10.2. The van der Waals surface area contributed by atoms with Crippen molar-refractivity contribution >= 4 is 5.82 Å². The standard InChI is InChI=1S/C11H16F3N3/c1-3-17(7-11(12,13)14)10-5-9(6-15)4-8(2)16-10/h4-5H,3,6-7,15H2,1-2H3. The first-order chi connectivity index (χ1) is 7.85. The molecule has 1 aromatic heterocycles. The number of hydrogen-bond acceptors (Lipinski definition) is 3. The number of hydrogen-bond donors (Lipinski definition) is 1. The molecule has 0 atom stereocenters. The largest absolute Gasteiger partial charge is 0.405 e. The van der Waals surface area contributed by atoms with Gasteiger partial charge < -0.3 is 10.6 Å². The van der Waals surface area contributed by atoms with Gasteiger partial charge in [0, 0.05) is 18.8 Å². The van der Waals surface area contributed by atoms with Crippen molar-refractivity contribution < 1.29 is 13.2 Å². The molecule has 1 rings (SSSR count). The zero-order chi connectivity index (χ0) is 13.1. The molecule has 96 valence electrons. The maximum atomic E-state index is 12.4. The highest BCUT2D eigenvalue weighted by molar-refractivity contribution is 5.42. The molecule has 0 aliphatic rings. The number of nitrogens with two attached hydrogens (primary N) is 1. The summed E-state index contributed by atoms with van der Waals surface area (Å²) in [5.41, 5.74) is 6.94. The number of aryl methyl sites for hydroxylation is 1. The van der Waals surface area contributed by atoms with Crippen LogP contribution in [0.3, 0.4) is 0 Å². The van der Waals surface area contributed by atoms with Crippen LogP contribution in [-0.2, 0) is 6.54 Å². The third-order valence-corrected chi connectivity index (χ3v) is 2.31. The summed E-state index contributed by atoms with van der Waals surface area (Å²) in [5.74, 6) is 0.324. The number of aromatic nitrogens is 1. The summed E-state index contributed by atoms with van der Waals surface area (Å²) in [5, 5.41) is 0. The van der Waals surface area contributed by atoms with E-state index >= 15 is 0 Å². The molecule has 0 bridgehead atoms. The van der Waals surface area contributed by atoms with E-state index in [4.69, 9.17) is 5.73 Å². The Hall–Kier alpha value is -1.30. The Bertz CT molecular complexity index is 377. The fourth-order valence-corrected chi connectivity index (χ4v) is 1.57. The Labute approximate surface area is 98.4 Å². The molecule has 0 amide bonds. The Morgan fingerprint density at radius 3 is 2.47 bits per heavy atom. The molecule has 0 spiro atoms. The van der Waals surface area contributed by atoms with Crippen LogP contribution < -0.4 is 10.6 Å². The Morgan fingerprint density at radius 2 is 2.00 bits per heavy atom. The first-order valence-corrected chi connectivity index (χ1v) is 5.35. The highest BCUT2D eigenvalue weighted by Gasteiger charge is 2.30. The summed E-state index contributed by atoms with van der Waals surface area (Å²) in [6.07, 6.45) is -4.23. The van der Waals surface area contributed by atoms with Crippen molar-refractivity contribution in [1.29, 1.82) is 0 Å². The topological polar surface area (TPSA) is 42.1 Å². The smallest absolute Gasteiger partial charge is 0.348 e. The zero-order valence-corrected chi connectivity index (χ0v) is 9.88. The minimum atomic E-state index is -4.23. The number of rotatable bonds is 4. The number of nitrogens with zero attached hydrogens (tertiary/aromatic N) is 2. The molecule has 1 heterocycles. The second-order valence-corrected chi connectivity index (χ2v) is 3.81. The van der Waals surface area contributed by atoms with Crippen molar-refractivity contribution in [3.05, 3.63) is 23.4 Å². The van der Waals surface area contributed by atoms with Gasteiger partial charge in [-0.15, -0.1) is 0 Å². The highest BCUT2D eigenvalue weighted by atomic mass is 19.4. The van der Waals surface area contributed by atoms with Crippen LogP contribution in [0.2, 0.25) is 0 Å². The van der Waals surface area contributed by atoms with Gasteiger partial charge in [-0.3, -0.25) is 0 Å². The van der Waals surface area contributed by atoms with Gasteiger partial charge in [0.15, 0.2) is 0 Å². The van der Waals surface area contributed by atoms with E-state index < -0.39 is 12.7 Å². The van der Waals surface area contributed by atoms with Gasteiger partial charge in [-0.25, -0.2) is 4.98 Å². The van der Waals surface area contributed by atoms with E-state index in [1.807, 2.05) is 0 Å². The van der Waals surface area contributed by atoms with Crippen LogP contribution in [0.1, 0.15) is 18.2 Å². The van der Waals surface area contributed by atoms with Crippen LogP contribution in [0.4, 0.5) is 19.0 Å². The van der Waals surface area contributed by atoms with E-state index in [9.17, 15) is 13.2 Å². The summed E-state index contributed by atoms with van der Waals surface area (Å²) in [6, 6.07) is 3.37. The molecular weight excluding hydrogens is 231 g/mol. The molecule has 0 saturated carbocycles. The van der Waals surface area contributed by atoms with E-state index in [0.717, 1.165) is 5.56 Å². The average Bonchev–Trinajstić information content (AvgIpc) is 2.23.